The van der Waals surface area contributed by atoms with Crippen LogP contribution in [0, 0.1) is 0 Å². The number of aromatic hydroxyl groups is 1. The molecule has 1 aromatic rings. The van der Waals surface area contributed by atoms with E-state index in [1.165, 1.54) is 14.2 Å². The fraction of sp³-hybridized carbons (Fsp3) is 0.636. The van der Waals surface area contributed by atoms with Gasteiger partial charge in [-0.15, -0.1) is 0 Å². The fourth-order valence-electron chi connectivity index (χ4n) is 3.66. The first kappa shape index (κ1) is 27.5. The second-order valence-corrected chi connectivity index (χ2v) is 8.24. The van der Waals surface area contributed by atoms with Crippen LogP contribution in [-0.4, -0.2) is 125 Å². The van der Waals surface area contributed by atoms with E-state index in [1.54, 1.807) is 24.3 Å². The van der Waals surface area contributed by atoms with E-state index in [0.717, 1.165) is 0 Å². The van der Waals surface area contributed by atoms with E-state index < -0.39 is 55.3 Å². The standard InChI is InChI=1S/C22H32O13/c1-30-12-6-11(7-13(31-2)15(12)24)4-3-5-32-20-18(27)17(26)16(25)14(35-20)8-33-21-19(28)22(29,9-23)10-34-21/h3-4,6-7,14,16-21,23-29H,5,8-10H2,1-2H3/b4-3+/t14-,16+,17-,18-,19-,20+,21+,22+/m0/s1. The molecule has 2 fully saturated rings. The number of ether oxygens (including phenoxy) is 6. The Bertz CT molecular complexity index is 839. The number of phenols is 1. The molecule has 0 spiro atoms. The van der Waals surface area contributed by atoms with Crippen LogP contribution in [0.25, 0.3) is 6.08 Å². The molecule has 0 aliphatic carbocycles. The summed E-state index contributed by atoms with van der Waals surface area (Å²) in [4.78, 5) is 0. The average molecular weight is 504 g/mol. The Morgan fingerprint density at radius 1 is 1.00 bits per heavy atom. The predicted octanol–water partition coefficient (Wildman–Crippen LogP) is -2.30. The number of hydrogen-bond acceptors (Lipinski definition) is 13. The lowest BCUT2D eigenvalue weighted by Gasteiger charge is -2.40. The third-order valence-electron chi connectivity index (χ3n) is 5.84. The lowest BCUT2D eigenvalue weighted by atomic mass is 9.99. The Balaban J connectivity index is 1.57. The minimum absolute atomic E-state index is 0.0579. The van der Waals surface area contributed by atoms with E-state index in [4.69, 9.17) is 28.4 Å². The molecule has 0 amide bonds. The summed E-state index contributed by atoms with van der Waals surface area (Å²) in [5, 5.41) is 69.9. The number of methoxy groups -OCH3 is 2. The van der Waals surface area contributed by atoms with Crippen molar-refractivity contribution in [1.29, 1.82) is 0 Å². The highest BCUT2D eigenvalue weighted by Gasteiger charge is 2.50. The Hall–Kier alpha value is -2.04. The molecule has 8 atom stereocenters. The molecule has 2 aliphatic rings. The number of hydrogen-bond donors (Lipinski definition) is 7. The topological polar surface area (TPSA) is 197 Å². The average Bonchev–Trinajstić information content (AvgIpc) is 3.15. The van der Waals surface area contributed by atoms with E-state index >= 15 is 0 Å². The van der Waals surface area contributed by atoms with Crippen molar-refractivity contribution in [3.8, 4) is 17.2 Å². The van der Waals surface area contributed by atoms with Crippen LogP contribution in [0.5, 0.6) is 17.2 Å². The zero-order valence-corrected chi connectivity index (χ0v) is 19.3. The maximum Gasteiger partial charge on any atom is 0.200 e. The molecular weight excluding hydrogens is 472 g/mol. The normalized spacial score (nSPS) is 35.5. The van der Waals surface area contributed by atoms with Gasteiger partial charge in [-0.05, 0) is 17.7 Å². The van der Waals surface area contributed by atoms with Gasteiger partial charge in [0.25, 0.3) is 0 Å². The van der Waals surface area contributed by atoms with Gasteiger partial charge < -0.3 is 64.2 Å². The number of aliphatic hydroxyl groups excluding tert-OH is 5. The van der Waals surface area contributed by atoms with Crippen LogP contribution in [-0.2, 0) is 18.9 Å². The molecule has 0 aromatic heterocycles. The molecule has 35 heavy (non-hydrogen) atoms. The molecule has 0 bridgehead atoms. The largest absolute Gasteiger partial charge is 0.502 e. The first-order valence-electron chi connectivity index (χ1n) is 10.8. The van der Waals surface area contributed by atoms with Crippen molar-refractivity contribution in [2.75, 3.05) is 40.6 Å². The Labute approximate surface area is 201 Å². The Kier molecular flexibility index (Phi) is 9.28. The molecule has 0 unspecified atom stereocenters. The van der Waals surface area contributed by atoms with Crippen LogP contribution in [0.1, 0.15) is 5.56 Å². The maximum absolute atomic E-state index is 10.2. The van der Waals surface area contributed by atoms with Crippen LogP contribution in [0.15, 0.2) is 18.2 Å². The van der Waals surface area contributed by atoms with Gasteiger partial charge in [-0.25, -0.2) is 0 Å². The smallest absolute Gasteiger partial charge is 0.200 e. The van der Waals surface area contributed by atoms with Gasteiger partial charge >= 0.3 is 0 Å². The number of rotatable bonds is 10. The van der Waals surface area contributed by atoms with Crippen LogP contribution in [0.2, 0.25) is 0 Å². The number of benzene rings is 1. The Morgan fingerprint density at radius 2 is 1.66 bits per heavy atom. The van der Waals surface area contributed by atoms with Crippen molar-refractivity contribution in [3.05, 3.63) is 23.8 Å². The highest BCUT2D eigenvalue weighted by atomic mass is 16.7. The van der Waals surface area contributed by atoms with Gasteiger partial charge in [0.1, 0.15) is 36.1 Å². The maximum atomic E-state index is 10.2. The van der Waals surface area contributed by atoms with Crippen molar-refractivity contribution in [2.24, 2.45) is 0 Å². The van der Waals surface area contributed by atoms with Crippen LogP contribution in [0.3, 0.4) is 0 Å². The molecular formula is C22H32O13. The van der Waals surface area contributed by atoms with Crippen LogP contribution >= 0.6 is 0 Å². The third kappa shape index (κ3) is 6.03. The third-order valence-corrected chi connectivity index (χ3v) is 5.84. The van der Waals surface area contributed by atoms with E-state index in [9.17, 15) is 35.7 Å². The van der Waals surface area contributed by atoms with Gasteiger partial charge in [-0.3, -0.25) is 0 Å². The fourth-order valence-corrected chi connectivity index (χ4v) is 3.66. The van der Waals surface area contributed by atoms with Crippen molar-refractivity contribution >= 4 is 6.08 Å². The molecule has 13 nitrogen and oxygen atoms in total. The zero-order valence-electron chi connectivity index (χ0n) is 19.3. The minimum Gasteiger partial charge on any atom is -0.502 e. The molecule has 13 heteroatoms. The first-order chi connectivity index (χ1) is 16.6. The molecule has 1 aromatic carbocycles. The van der Waals surface area contributed by atoms with Crippen LogP contribution in [0.4, 0.5) is 0 Å². The van der Waals surface area contributed by atoms with Crippen molar-refractivity contribution < 1.29 is 64.2 Å². The van der Waals surface area contributed by atoms with Gasteiger partial charge in [0, 0.05) is 0 Å². The van der Waals surface area contributed by atoms with Gasteiger partial charge in [0.05, 0.1) is 40.6 Å². The second-order valence-electron chi connectivity index (χ2n) is 8.24. The lowest BCUT2D eigenvalue weighted by Crippen LogP contribution is -2.59. The van der Waals surface area contributed by atoms with E-state index in [-0.39, 0.29) is 37.1 Å². The number of phenolic OH excluding ortho intramolecular Hbond substituents is 1. The summed E-state index contributed by atoms with van der Waals surface area (Å²) in [5.74, 6) is 0.286. The predicted molar refractivity (Wildman–Crippen MR) is 117 cm³/mol. The summed E-state index contributed by atoms with van der Waals surface area (Å²) in [6.07, 6.45) is -6.79. The SMILES string of the molecule is COc1cc(/C=C/CO[C@@H]2O[C@@H](CO[C@@H]3OC[C@](O)(CO)[C@H]3O)[C@@H](O)[C@H](O)[C@@H]2O)cc(OC)c1O. The summed E-state index contributed by atoms with van der Waals surface area (Å²) in [6.45, 7) is -1.54. The molecule has 2 heterocycles. The van der Waals surface area contributed by atoms with Crippen molar-refractivity contribution in [1.82, 2.24) is 0 Å². The first-order valence-corrected chi connectivity index (χ1v) is 10.8. The van der Waals surface area contributed by atoms with Gasteiger partial charge in [-0.1, -0.05) is 12.2 Å². The van der Waals surface area contributed by atoms with E-state index in [2.05, 4.69) is 0 Å². The molecule has 3 rings (SSSR count). The monoisotopic (exact) mass is 504 g/mol. The summed E-state index contributed by atoms with van der Waals surface area (Å²) < 4.78 is 31.7. The Morgan fingerprint density at radius 3 is 2.23 bits per heavy atom. The number of aliphatic hydroxyl groups is 6. The van der Waals surface area contributed by atoms with Gasteiger partial charge in [0.2, 0.25) is 5.75 Å². The summed E-state index contributed by atoms with van der Waals surface area (Å²) >= 11 is 0. The highest BCUT2D eigenvalue weighted by molar-refractivity contribution is 5.61. The van der Waals surface area contributed by atoms with E-state index in [1.807, 2.05) is 0 Å². The quantitative estimate of drug-likeness (QED) is 0.180. The van der Waals surface area contributed by atoms with Crippen molar-refractivity contribution in [3.63, 3.8) is 0 Å². The van der Waals surface area contributed by atoms with E-state index in [0.29, 0.717) is 5.56 Å². The summed E-state index contributed by atoms with van der Waals surface area (Å²) in [7, 11) is 2.80. The minimum atomic E-state index is -1.88. The molecule has 2 aliphatic heterocycles. The molecule has 2 saturated heterocycles. The summed E-state index contributed by atoms with van der Waals surface area (Å²) in [6, 6.07) is 3.15. The zero-order chi connectivity index (χ0) is 25.8. The van der Waals surface area contributed by atoms with Gasteiger partial charge in [-0.2, -0.15) is 0 Å². The lowest BCUT2D eigenvalue weighted by molar-refractivity contribution is -0.307. The molecule has 198 valence electrons. The highest BCUT2D eigenvalue weighted by Crippen LogP contribution is 2.37. The molecule has 0 saturated carbocycles. The van der Waals surface area contributed by atoms with Gasteiger partial charge in [0.15, 0.2) is 24.1 Å². The second kappa shape index (κ2) is 11.8. The summed E-state index contributed by atoms with van der Waals surface area (Å²) in [5.41, 5.74) is -1.25. The van der Waals surface area contributed by atoms with Crippen LogP contribution < -0.4 is 9.47 Å². The molecule has 0 radical (unpaired) electrons. The molecule has 7 N–H and O–H groups in total. The van der Waals surface area contributed by atoms with Crippen molar-refractivity contribution in [2.45, 2.75) is 48.7 Å².